The molecular weight excluding hydrogens is 439 g/mol. The Balaban J connectivity index is 2.14. The van der Waals surface area contributed by atoms with Crippen molar-refractivity contribution in [3.05, 3.63) is 51.8 Å². The average molecular weight is 465 g/mol. The molecule has 3 N–H and O–H groups in total. The molecule has 0 fully saturated rings. The van der Waals surface area contributed by atoms with Gasteiger partial charge in [-0.2, -0.15) is 5.10 Å². The molecule has 2 heterocycles. The number of nitrogens with one attached hydrogen (secondary N) is 1. The third-order valence-corrected chi connectivity index (χ3v) is 7.12. The lowest BCUT2D eigenvalue weighted by Gasteiger charge is -2.18. The number of rotatable bonds is 8. The zero-order valence-corrected chi connectivity index (χ0v) is 20.1. The first-order valence-corrected chi connectivity index (χ1v) is 14.1. The van der Waals surface area contributed by atoms with Gasteiger partial charge in [-0.05, 0) is 37.2 Å². The van der Waals surface area contributed by atoms with Crippen LogP contribution < -0.4 is 5.73 Å². The van der Waals surface area contributed by atoms with Crippen LogP contribution in [-0.2, 0) is 11.5 Å². The van der Waals surface area contributed by atoms with Gasteiger partial charge in [-0.25, -0.2) is 0 Å². The minimum absolute atomic E-state index is 0.256. The van der Waals surface area contributed by atoms with Crippen LogP contribution in [0.4, 0.5) is 0 Å². The monoisotopic (exact) mass is 464 g/mol. The highest BCUT2D eigenvalue weighted by Gasteiger charge is 2.24. The van der Waals surface area contributed by atoms with Gasteiger partial charge in [0.25, 0.3) is 5.91 Å². The van der Waals surface area contributed by atoms with E-state index in [2.05, 4.69) is 29.8 Å². The molecule has 9 heteroatoms. The number of ether oxygens (including phenoxy) is 1. The van der Waals surface area contributed by atoms with Crippen LogP contribution in [0.15, 0.2) is 30.5 Å². The van der Waals surface area contributed by atoms with Crippen LogP contribution in [0.3, 0.4) is 0 Å². The number of aromatic nitrogens is 3. The first-order valence-electron chi connectivity index (χ1n) is 9.66. The maximum absolute atomic E-state index is 12.3. The Labute approximate surface area is 187 Å². The highest BCUT2D eigenvalue weighted by Crippen LogP contribution is 2.38. The summed E-state index contributed by atoms with van der Waals surface area (Å²) < 4.78 is 7.97. The molecule has 2 aromatic heterocycles. The molecule has 3 rings (SSSR count). The van der Waals surface area contributed by atoms with Crippen LogP contribution in [-0.4, -0.2) is 35.4 Å². The van der Waals surface area contributed by atoms with Crippen molar-refractivity contribution in [1.29, 1.82) is 0 Å². The highest BCUT2D eigenvalue weighted by atomic mass is 35.5. The van der Waals surface area contributed by atoms with Gasteiger partial charge in [0.15, 0.2) is 0 Å². The number of hydrogen-bond donors (Lipinski definition) is 2. The summed E-state index contributed by atoms with van der Waals surface area (Å²) in [5.41, 5.74) is 9.82. The number of carbonyl (C=O) groups excluding carboxylic acids is 1. The average Bonchev–Trinajstić information content (AvgIpc) is 3.21. The molecule has 0 atom stereocenters. The summed E-state index contributed by atoms with van der Waals surface area (Å²) in [5.74, 6) is -0.542. The van der Waals surface area contributed by atoms with E-state index in [1.807, 2.05) is 11.5 Å². The number of benzene rings is 1. The molecule has 0 radical (unpaired) electrons. The standard InChI is InChI=1S/C21H26Cl2N4O2Si/c1-13-17(11-25-26-13)19-10-16(21(24)28)20(15-6-5-14(22)9-18(15)23)27(19)12-29-7-8-30(2,3)4/h5-6,9-11H,7-8,12H2,1-4H3,(H2,24,28)(H,25,26). The fourth-order valence-corrected chi connectivity index (χ4v) is 4.47. The lowest BCUT2D eigenvalue weighted by molar-refractivity contribution is 0.0893. The second-order valence-electron chi connectivity index (χ2n) is 8.44. The van der Waals surface area contributed by atoms with Gasteiger partial charge in [-0.3, -0.25) is 9.89 Å². The van der Waals surface area contributed by atoms with Crippen molar-refractivity contribution in [3.8, 4) is 22.5 Å². The van der Waals surface area contributed by atoms with Crippen LogP contribution in [0.2, 0.25) is 35.7 Å². The van der Waals surface area contributed by atoms with Crippen molar-refractivity contribution < 1.29 is 9.53 Å². The maximum atomic E-state index is 12.3. The molecule has 0 unspecified atom stereocenters. The Bertz CT molecular complexity index is 1070. The summed E-state index contributed by atoms with van der Waals surface area (Å²) in [4.78, 5) is 12.3. The molecule has 0 bridgehead atoms. The molecule has 1 amide bonds. The molecular formula is C21H26Cl2N4O2Si. The predicted molar refractivity (Wildman–Crippen MR) is 125 cm³/mol. The fraction of sp³-hybridized carbons (Fsp3) is 0.333. The zero-order chi connectivity index (χ0) is 22.1. The van der Waals surface area contributed by atoms with E-state index in [0.717, 1.165) is 23.0 Å². The first kappa shape index (κ1) is 22.6. The van der Waals surface area contributed by atoms with Gasteiger partial charge in [-0.15, -0.1) is 0 Å². The van der Waals surface area contributed by atoms with Gasteiger partial charge in [0.1, 0.15) is 6.73 Å². The number of aryl methyl sites for hydroxylation is 1. The molecule has 160 valence electrons. The number of halogens is 2. The van der Waals surface area contributed by atoms with E-state index in [4.69, 9.17) is 33.7 Å². The number of nitrogens with zero attached hydrogens (tertiary/aromatic N) is 2. The molecule has 1 aromatic carbocycles. The number of hydrogen-bond acceptors (Lipinski definition) is 3. The van der Waals surface area contributed by atoms with E-state index in [1.54, 1.807) is 30.5 Å². The predicted octanol–water partition coefficient (Wildman–Crippen LogP) is 5.57. The zero-order valence-electron chi connectivity index (χ0n) is 17.6. The number of aromatic amines is 1. The van der Waals surface area contributed by atoms with Crippen LogP contribution >= 0.6 is 23.2 Å². The molecule has 0 aliphatic heterocycles. The lowest BCUT2D eigenvalue weighted by atomic mass is 10.1. The van der Waals surface area contributed by atoms with E-state index in [0.29, 0.717) is 33.5 Å². The third kappa shape index (κ3) is 4.98. The molecule has 0 aliphatic rings. The topological polar surface area (TPSA) is 85.9 Å². The van der Waals surface area contributed by atoms with Crippen molar-refractivity contribution in [2.45, 2.75) is 39.3 Å². The van der Waals surface area contributed by atoms with E-state index < -0.39 is 14.0 Å². The van der Waals surface area contributed by atoms with Crippen molar-refractivity contribution in [2.75, 3.05) is 6.61 Å². The summed E-state index contributed by atoms with van der Waals surface area (Å²) in [7, 11) is -1.24. The molecule has 0 spiro atoms. The number of amides is 1. The molecule has 0 aliphatic carbocycles. The lowest BCUT2D eigenvalue weighted by Crippen LogP contribution is -2.22. The Kier molecular flexibility index (Phi) is 6.77. The third-order valence-electron chi connectivity index (χ3n) is 4.87. The van der Waals surface area contributed by atoms with E-state index in [-0.39, 0.29) is 6.73 Å². The SMILES string of the molecule is Cc1n[nH]cc1-c1cc(C(N)=O)c(-c2ccc(Cl)cc2Cl)n1COCC[Si](C)(C)C. The summed E-state index contributed by atoms with van der Waals surface area (Å²) in [5, 5.41) is 8.03. The van der Waals surface area contributed by atoms with Crippen molar-refractivity contribution in [2.24, 2.45) is 5.73 Å². The smallest absolute Gasteiger partial charge is 0.250 e. The van der Waals surface area contributed by atoms with Crippen molar-refractivity contribution in [3.63, 3.8) is 0 Å². The van der Waals surface area contributed by atoms with Crippen LogP contribution in [0.1, 0.15) is 16.1 Å². The van der Waals surface area contributed by atoms with Crippen molar-refractivity contribution >= 4 is 37.2 Å². The Hall–Kier alpha value is -2.06. The molecule has 3 aromatic rings. The molecule has 6 nitrogen and oxygen atoms in total. The Morgan fingerprint density at radius 2 is 1.97 bits per heavy atom. The summed E-state index contributed by atoms with van der Waals surface area (Å²) in [6, 6.07) is 7.97. The number of H-pyrrole nitrogens is 1. The van der Waals surface area contributed by atoms with Gasteiger partial charge in [-0.1, -0.05) is 42.8 Å². The summed E-state index contributed by atoms with van der Waals surface area (Å²) in [6.45, 7) is 9.70. The van der Waals surface area contributed by atoms with Gasteiger partial charge in [0, 0.05) is 37.0 Å². The normalized spacial score (nSPS) is 11.8. The second-order valence-corrected chi connectivity index (χ2v) is 14.9. The minimum Gasteiger partial charge on any atom is -0.366 e. The van der Waals surface area contributed by atoms with E-state index in [1.165, 1.54) is 0 Å². The Morgan fingerprint density at radius 1 is 1.23 bits per heavy atom. The van der Waals surface area contributed by atoms with Crippen molar-refractivity contribution in [1.82, 2.24) is 14.8 Å². The Morgan fingerprint density at radius 3 is 2.53 bits per heavy atom. The molecule has 30 heavy (non-hydrogen) atoms. The van der Waals surface area contributed by atoms with Gasteiger partial charge < -0.3 is 15.0 Å². The number of carbonyl (C=O) groups is 1. The van der Waals surface area contributed by atoms with Gasteiger partial charge in [0.2, 0.25) is 0 Å². The summed E-state index contributed by atoms with van der Waals surface area (Å²) >= 11 is 12.6. The van der Waals surface area contributed by atoms with Crippen LogP contribution in [0.25, 0.3) is 22.5 Å². The highest BCUT2D eigenvalue weighted by molar-refractivity contribution is 6.76. The van der Waals surface area contributed by atoms with Crippen LogP contribution in [0, 0.1) is 6.92 Å². The number of primary amides is 1. The first-order chi connectivity index (χ1) is 14.1. The van der Waals surface area contributed by atoms with E-state index in [9.17, 15) is 4.79 Å². The van der Waals surface area contributed by atoms with Gasteiger partial charge >= 0.3 is 0 Å². The van der Waals surface area contributed by atoms with E-state index >= 15 is 0 Å². The fourth-order valence-electron chi connectivity index (χ4n) is 3.22. The molecule has 0 saturated heterocycles. The second kappa shape index (κ2) is 8.97. The van der Waals surface area contributed by atoms with Crippen LogP contribution in [0.5, 0.6) is 0 Å². The number of nitrogens with two attached hydrogens (primary N) is 1. The summed E-state index contributed by atoms with van der Waals surface area (Å²) in [6.07, 6.45) is 1.79. The minimum atomic E-state index is -1.24. The maximum Gasteiger partial charge on any atom is 0.250 e. The largest absolute Gasteiger partial charge is 0.366 e. The molecule has 0 saturated carbocycles. The quantitative estimate of drug-likeness (QED) is 0.337. The van der Waals surface area contributed by atoms with Gasteiger partial charge in [0.05, 0.1) is 27.7 Å².